The van der Waals surface area contributed by atoms with E-state index in [0.717, 1.165) is 38.4 Å². The van der Waals surface area contributed by atoms with Gasteiger partial charge in [-0.3, -0.25) is 9.59 Å². The summed E-state index contributed by atoms with van der Waals surface area (Å²) in [6.07, 6.45) is 0.505. The van der Waals surface area contributed by atoms with Gasteiger partial charge in [0.15, 0.2) is 0 Å². The van der Waals surface area contributed by atoms with Crippen LogP contribution in [0.3, 0.4) is 0 Å². The fourth-order valence-corrected chi connectivity index (χ4v) is 5.93. The van der Waals surface area contributed by atoms with E-state index in [1.807, 2.05) is 60.0 Å². The van der Waals surface area contributed by atoms with Crippen molar-refractivity contribution in [2.24, 2.45) is 0 Å². The summed E-state index contributed by atoms with van der Waals surface area (Å²) in [5.41, 5.74) is 4.04. The summed E-state index contributed by atoms with van der Waals surface area (Å²) in [5, 5.41) is 3.10. The van der Waals surface area contributed by atoms with Crippen LogP contribution in [0.5, 0.6) is 5.75 Å². The molecule has 2 atom stereocenters. The second-order valence-corrected chi connectivity index (χ2v) is 9.57. The molecule has 4 heterocycles. The SMILES string of the molecule is COc1cccc(C2c3[nH]c4ccccc4c3C[C@H]3C(=O)N(Cc4cccs4)CC(=O)N23)c1. The van der Waals surface area contributed by atoms with Crippen LogP contribution in [0.4, 0.5) is 0 Å². The van der Waals surface area contributed by atoms with Crippen LogP contribution >= 0.6 is 11.3 Å². The van der Waals surface area contributed by atoms with Gasteiger partial charge in [0.2, 0.25) is 11.8 Å². The number of piperazine rings is 1. The van der Waals surface area contributed by atoms with Crippen LogP contribution in [0.2, 0.25) is 0 Å². The number of H-pyrrole nitrogens is 1. The van der Waals surface area contributed by atoms with E-state index in [9.17, 15) is 9.59 Å². The lowest BCUT2D eigenvalue weighted by Crippen LogP contribution is -2.62. The molecule has 1 N–H and O–H groups in total. The lowest BCUT2D eigenvalue weighted by Gasteiger charge is -2.47. The number of amides is 2. The molecule has 6 nitrogen and oxygen atoms in total. The number of methoxy groups -OCH3 is 1. The van der Waals surface area contributed by atoms with Crippen molar-refractivity contribution in [3.8, 4) is 5.75 Å². The predicted molar refractivity (Wildman–Crippen MR) is 127 cm³/mol. The van der Waals surface area contributed by atoms with E-state index < -0.39 is 6.04 Å². The van der Waals surface area contributed by atoms with Crippen LogP contribution in [0.15, 0.2) is 66.0 Å². The highest BCUT2D eigenvalue weighted by Crippen LogP contribution is 2.43. The summed E-state index contributed by atoms with van der Waals surface area (Å²) in [7, 11) is 1.63. The Morgan fingerprint density at radius 1 is 1.09 bits per heavy atom. The van der Waals surface area contributed by atoms with Gasteiger partial charge in [-0.1, -0.05) is 36.4 Å². The van der Waals surface area contributed by atoms with Crippen molar-refractivity contribution in [2.45, 2.75) is 25.0 Å². The second-order valence-electron chi connectivity index (χ2n) is 8.54. The van der Waals surface area contributed by atoms with Gasteiger partial charge in [0.05, 0.1) is 19.7 Å². The summed E-state index contributed by atoms with van der Waals surface area (Å²) < 4.78 is 5.46. The summed E-state index contributed by atoms with van der Waals surface area (Å²) in [6, 6.07) is 19.0. The topological polar surface area (TPSA) is 65.6 Å². The molecule has 6 rings (SSSR count). The highest BCUT2D eigenvalue weighted by molar-refractivity contribution is 7.09. The van der Waals surface area contributed by atoms with Crippen molar-refractivity contribution in [1.29, 1.82) is 0 Å². The summed E-state index contributed by atoms with van der Waals surface area (Å²) in [5.74, 6) is 0.697. The van der Waals surface area contributed by atoms with Crippen molar-refractivity contribution in [3.63, 3.8) is 0 Å². The lowest BCUT2D eigenvalue weighted by molar-refractivity contribution is -0.159. The van der Waals surface area contributed by atoms with E-state index >= 15 is 0 Å². The van der Waals surface area contributed by atoms with E-state index in [1.165, 1.54) is 0 Å². The molecule has 4 aromatic rings. The van der Waals surface area contributed by atoms with E-state index in [2.05, 4.69) is 11.1 Å². The standard InChI is InChI=1S/C26H23N3O3S/c1-32-17-7-4-6-16(12-17)25-24-20(19-9-2-3-10-21(19)27-24)13-22-26(31)28(15-23(30)29(22)25)14-18-8-5-11-33-18/h2-12,22,25,27H,13-15H2,1H3/t22-,25?/m0/s1. The molecule has 0 bridgehead atoms. The molecule has 0 aliphatic carbocycles. The maximum absolute atomic E-state index is 13.7. The molecule has 1 fully saturated rings. The Balaban J connectivity index is 1.49. The average molecular weight is 458 g/mol. The van der Waals surface area contributed by atoms with Gasteiger partial charge in [-0.2, -0.15) is 0 Å². The summed E-state index contributed by atoms with van der Waals surface area (Å²) in [6.45, 7) is 0.556. The number of carbonyl (C=O) groups excluding carboxylic acids is 2. The van der Waals surface area contributed by atoms with Gasteiger partial charge in [0, 0.05) is 27.9 Å². The largest absolute Gasteiger partial charge is 0.497 e. The zero-order valence-electron chi connectivity index (χ0n) is 18.2. The molecule has 33 heavy (non-hydrogen) atoms. The molecule has 0 saturated carbocycles. The highest BCUT2D eigenvalue weighted by Gasteiger charge is 2.48. The Kier molecular flexibility index (Phi) is 4.73. The number of benzene rings is 2. The van der Waals surface area contributed by atoms with Crippen LogP contribution in [-0.2, 0) is 22.6 Å². The number of thiophene rings is 1. The fourth-order valence-electron chi connectivity index (χ4n) is 5.21. The van der Waals surface area contributed by atoms with Crippen LogP contribution in [0.25, 0.3) is 10.9 Å². The third-order valence-electron chi connectivity index (χ3n) is 6.68. The van der Waals surface area contributed by atoms with Crippen LogP contribution in [-0.4, -0.2) is 46.3 Å². The normalized spacial score (nSPS) is 20.2. The first kappa shape index (κ1) is 20.1. The number of hydrogen-bond acceptors (Lipinski definition) is 4. The van der Waals surface area contributed by atoms with Crippen LogP contribution in [0.1, 0.15) is 27.7 Å². The number of para-hydroxylation sites is 1. The van der Waals surface area contributed by atoms with Gasteiger partial charge in [0.25, 0.3) is 0 Å². The van der Waals surface area contributed by atoms with E-state index in [-0.39, 0.29) is 24.4 Å². The van der Waals surface area contributed by atoms with Crippen molar-refractivity contribution in [1.82, 2.24) is 14.8 Å². The molecule has 1 unspecified atom stereocenters. The molecule has 2 aliphatic heterocycles. The van der Waals surface area contributed by atoms with Crippen LogP contribution in [0, 0.1) is 0 Å². The quantitative estimate of drug-likeness (QED) is 0.501. The third-order valence-corrected chi connectivity index (χ3v) is 7.54. The number of nitrogens with zero attached hydrogens (tertiary/aromatic N) is 2. The van der Waals surface area contributed by atoms with Gasteiger partial charge in [-0.05, 0) is 40.8 Å². The Hall–Kier alpha value is -3.58. The molecular formula is C26H23N3O3S. The number of fused-ring (bicyclic) bond motifs is 4. The molecule has 2 aromatic carbocycles. The minimum Gasteiger partial charge on any atom is -0.497 e. The molecule has 0 radical (unpaired) electrons. The van der Waals surface area contributed by atoms with Crippen molar-refractivity contribution in [3.05, 3.63) is 87.7 Å². The Morgan fingerprint density at radius 2 is 1.97 bits per heavy atom. The number of rotatable bonds is 4. The van der Waals surface area contributed by atoms with Gasteiger partial charge in [-0.25, -0.2) is 0 Å². The van der Waals surface area contributed by atoms with E-state index in [1.54, 1.807) is 28.2 Å². The van der Waals surface area contributed by atoms with E-state index in [0.29, 0.717) is 13.0 Å². The first-order valence-electron chi connectivity index (χ1n) is 11.0. The maximum atomic E-state index is 13.7. The number of ether oxygens (including phenoxy) is 1. The van der Waals surface area contributed by atoms with Gasteiger partial charge >= 0.3 is 0 Å². The van der Waals surface area contributed by atoms with Gasteiger partial charge in [-0.15, -0.1) is 11.3 Å². The fraction of sp³-hybridized carbons (Fsp3) is 0.231. The number of carbonyl (C=O) groups is 2. The van der Waals surface area contributed by atoms with Crippen molar-refractivity contribution >= 4 is 34.1 Å². The minimum absolute atomic E-state index is 0.00632. The van der Waals surface area contributed by atoms with Gasteiger partial charge < -0.3 is 19.5 Å². The monoisotopic (exact) mass is 457 g/mol. The molecule has 2 aromatic heterocycles. The first-order valence-corrected chi connectivity index (χ1v) is 11.9. The predicted octanol–water partition coefficient (Wildman–Crippen LogP) is 4.12. The molecule has 0 spiro atoms. The molecule has 7 heteroatoms. The Labute approximate surface area is 195 Å². The molecule has 166 valence electrons. The minimum atomic E-state index is -0.533. The third kappa shape index (κ3) is 3.23. The maximum Gasteiger partial charge on any atom is 0.246 e. The molecular weight excluding hydrogens is 434 g/mol. The molecule has 2 aliphatic rings. The summed E-state index contributed by atoms with van der Waals surface area (Å²) >= 11 is 1.60. The summed E-state index contributed by atoms with van der Waals surface area (Å²) in [4.78, 5) is 35.4. The highest BCUT2D eigenvalue weighted by atomic mass is 32.1. The second kappa shape index (κ2) is 7.78. The Morgan fingerprint density at radius 3 is 2.79 bits per heavy atom. The average Bonchev–Trinajstić information content (AvgIpc) is 3.48. The first-order chi connectivity index (χ1) is 16.1. The van der Waals surface area contributed by atoms with E-state index in [4.69, 9.17) is 4.74 Å². The zero-order chi connectivity index (χ0) is 22.5. The van der Waals surface area contributed by atoms with Crippen LogP contribution < -0.4 is 4.74 Å². The number of aromatic nitrogens is 1. The van der Waals surface area contributed by atoms with Crippen molar-refractivity contribution in [2.75, 3.05) is 13.7 Å². The molecule has 2 amide bonds. The molecule has 1 saturated heterocycles. The van der Waals surface area contributed by atoms with Gasteiger partial charge in [0.1, 0.15) is 18.3 Å². The number of nitrogens with one attached hydrogen (secondary N) is 1. The lowest BCUT2D eigenvalue weighted by atomic mass is 9.86. The number of aromatic amines is 1. The Bertz CT molecular complexity index is 1360. The number of hydrogen-bond donors (Lipinski definition) is 1. The smallest absolute Gasteiger partial charge is 0.246 e. The zero-order valence-corrected chi connectivity index (χ0v) is 19.0. The van der Waals surface area contributed by atoms with Crippen molar-refractivity contribution < 1.29 is 14.3 Å².